The molecule has 1 N–H and O–H groups in total. The topological polar surface area (TPSA) is 65.6 Å². The number of hydrogen-bond acceptors (Lipinski definition) is 3. The Labute approximate surface area is 143 Å². The number of methoxy groups -OCH3 is 1. The van der Waals surface area contributed by atoms with Gasteiger partial charge in [0.25, 0.3) is 5.91 Å². The van der Waals surface area contributed by atoms with Gasteiger partial charge in [-0.3, -0.25) is 9.59 Å². The van der Waals surface area contributed by atoms with Crippen LogP contribution in [0.5, 0.6) is 0 Å². The van der Waals surface area contributed by atoms with E-state index in [2.05, 4.69) is 11.9 Å². The molecule has 6 heteroatoms. The van der Waals surface area contributed by atoms with Gasteiger partial charge in [0.05, 0.1) is 12.0 Å². The molecule has 0 aromatic carbocycles. The van der Waals surface area contributed by atoms with E-state index in [1.807, 2.05) is 21.9 Å². The Morgan fingerprint density at radius 1 is 1.33 bits per heavy atom. The Morgan fingerprint density at radius 3 is 2.88 bits per heavy atom. The minimum atomic E-state index is -0.387. The summed E-state index contributed by atoms with van der Waals surface area (Å²) in [6, 6.07) is 3.80. The number of carbonyl (C=O) groups excluding carboxylic acids is 2. The lowest BCUT2D eigenvalue weighted by atomic mass is 9.78. The molecule has 0 bridgehead atoms. The Bertz CT molecular complexity index is 612. The van der Waals surface area contributed by atoms with Crippen LogP contribution in [0.1, 0.15) is 42.4 Å². The van der Waals surface area contributed by atoms with Crippen molar-refractivity contribution in [2.24, 2.45) is 5.41 Å². The lowest BCUT2D eigenvalue weighted by Gasteiger charge is -2.39. The molecule has 2 aliphatic heterocycles. The molecule has 132 valence electrons. The summed E-state index contributed by atoms with van der Waals surface area (Å²) in [5, 5.41) is 0. The monoisotopic (exact) mass is 333 g/mol. The summed E-state index contributed by atoms with van der Waals surface area (Å²) in [6.07, 6.45) is 3.52. The van der Waals surface area contributed by atoms with Crippen molar-refractivity contribution < 1.29 is 14.3 Å². The number of likely N-dealkylation sites (tertiary alicyclic amines) is 2. The maximum absolute atomic E-state index is 12.9. The van der Waals surface area contributed by atoms with Gasteiger partial charge in [-0.15, -0.1) is 0 Å². The van der Waals surface area contributed by atoms with Crippen molar-refractivity contribution in [1.29, 1.82) is 0 Å². The van der Waals surface area contributed by atoms with Crippen LogP contribution >= 0.6 is 0 Å². The quantitative estimate of drug-likeness (QED) is 0.891. The lowest BCUT2D eigenvalue weighted by Crippen LogP contribution is -2.51. The molecule has 0 saturated carbocycles. The molecular formula is C18H27N3O3. The zero-order chi connectivity index (χ0) is 17.2. The molecule has 1 aromatic heterocycles. The summed E-state index contributed by atoms with van der Waals surface area (Å²) in [7, 11) is 1.65. The number of carbonyl (C=O) groups is 2. The summed E-state index contributed by atoms with van der Waals surface area (Å²) >= 11 is 0. The predicted octanol–water partition coefficient (Wildman–Crippen LogP) is 1.68. The first-order chi connectivity index (χ1) is 11.6. The number of amides is 2. The maximum atomic E-state index is 12.9. The predicted molar refractivity (Wildman–Crippen MR) is 90.8 cm³/mol. The average Bonchev–Trinajstić information content (AvgIpc) is 3.24. The number of aromatic amines is 1. The van der Waals surface area contributed by atoms with Crippen LogP contribution < -0.4 is 0 Å². The van der Waals surface area contributed by atoms with Gasteiger partial charge < -0.3 is 19.5 Å². The first kappa shape index (κ1) is 17.0. The third-order valence-electron chi connectivity index (χ3n) is 5.39. The fourth-order valence-corrected chi connectivity index (χ4v) is 3.93. The fraction of sp³-hybridized carbons (Fsp3) is 0.667. The van der Waals surface area contributed by atoms with Crippen molar-refractivity contribution in [3.63, 3.8) is 0 Å². The van der Waals surface area contributed by atoms with Crippen LogP contribution in [0.2, 0.25) is 0 Å². The molecule has 24 heavy (non-hydrogen) atoms. The molecule has 0 unspecified atom stereocenters. The Balaban J connectivity index is 1.69. The first-order valence-electron chi connectivity index (χ1n) is 8.85. The van der Waals surface area contributed by atoms with Crippen LogP contribution in [0, 0.1) is 5.41 Å². The molecule has 0 radical (unpaired) electrons. The van der Waals surface area contributed by atoms with Gasteiger partial charge in [-0.25, -0.2) is 0 Å². The summed E-state index contributed by atoms with van der Waals surface area (Å²) in [5.74, 6) is 0.204. The van der Waals surface area contributed by atoms with Gasteiger partial charge >= 0.3 is 0 Å². The zero-order valence-electron chi connectivity index (χ0n) is 14.6. The smallest absolute Gasteiger partial charge is 0.270 e. The molecular weight excluding hydrogens is 306 g/mol. The van der Waals surface area contributed by atoms with E-state index in [4.69, 9.17) is 4.74 Å². The molecule has 3 heterocycles. The van der Waals surface area contributed by atoms with Crippen LogP contribution in [0.25, 0.3) is 0 Å². The van der Waals surface area contributed by atoms with Gasteiger partial charge in [0.1, 0.15) is 5.69 Å². The molecule has 0 aliphatic carbocycles. The van der Waals surface area contributed by atoms with Gasteiger partial charge in [0.2, 0.25) is 5.91 Å². The van der Waals surface area contributed by atoms with Gasteiger partial charge in [0, 0.05) is 39.0 Å². The van der Waals surface area contributed by atoms with Crippen LogP contribution in [-0.2, 0) is 16.0 Å². The lowest BCUT2D eigenvalue weighted by molar-refractivity contribution is -0.146. The van der Waals surface area contributed by atoms with E-state index < -0.39 is 0 Å². The standard InChI is InChI=1S/C18H27N3O3/c1-3-14-5-6-15(19-14)16(22)21-10-8-18(13-21)7-4-9-20(17(18)23)11-12-24-2/h5-6,19H,3-4,7-13H2,1-2H3/t18-/m1/s1. The Morgan fingerprint density at radius 2 is 2.17 bits per heavy atom. The number of aromatic nitrogens is 1. The Hall–Kier alpha value is -1.82. The van der Waals surface area contributed by atoms with E-state index in [0.29, 0.717) is 31.9 Å². The van der Waals surface area contributed by atoms with Crippen LogP contribution in [0.4, 0.5) is 0 Å². The second kappa shape index (κ2) is 6.97. The zero-order valence-corrected chi connectivity index (χ0v) is 14.6. The molecule has 6 nitrogen and oxygen atoms in total. The number of rotatable bonds is 5. The fourth-order valence-electron chi connectivity index (χ4n) is 3.93. The van der Waals surface area contributed by atoms with Crippen molar-refractivity contribution in [2.75, 3.05) is 39.9 Å². The number of nitrogens with zero attached hydrogens (tertiary/aromatic N) is 2. The van der Waals surface area contributed by atoms with E-state index in [0.717, 1.165) is 37.9 Å². The molecule has 1 spiro atoms. The number of hydrogen-bond donors (Lipinski definition) is 1. The normalized spacial score (nSPS) is 24.2. The van der Waals surface area contributed by atoms with Gasteiger partial charge in [0.15, 0.2) is 0 Å². The highest BCUT2D eigenvalue weighted by Crippen LogP contribution is 2.40. The molecule has 2 amide bonds. The highest BCUT2D eigenvalue weighted by atomic mass is 16.5. The summed E-state index contributed by atoms with van der Waals surface area (Å²) in [4.78, 5) is 32.6. The number of H-pyrrole nitrogens is 1. The summed E-state index contributed by atoms with van der Waals surface area (Å²) in [5.41, 5.74) is 1.30. The highest BCUT2D eigenvalue weighted by Gasteiger charge is 2.49. The number of nitrogens with one attached hydrogen (secondary N) is 1. The van der Waals surface area contributed by atoms with Gasteiger partial charge in [-0.05, 0) is 37.8 Å². The molecule has 3 rings (SSSR count). The molecule has 1 atom stereocenters. The Kier molecular flexibility index (Phi) is 4.94. The van der Waals surface area contributed by atoms with E-state index >= 15 is 0 Å². The van der Waals surface area contributed by atoms with Crippen molar-refractivity contribution in [1.82, 2.24) is 14.8 Å². The van der Waals surface area contributed by atoms with Crippen molar-refractivity contribution >= 4 is 11.8 Å². The molecule has 1 aromatic rings. The van der Waals surface area contributed by atoms with Crippen LogP contribution in [0.3, 0.4) is 0 Å². The van der Waals surface area contributed by atoms with E-state index in [-0.39, 0.29) is 17.2 Å². The first-order valence-corrected chi connectivity index (χ1v) is 8.85. The van der Waals surface area contributed by atoms with E-state index in [1.165, 1.54) is 0 Å². The number of piperidine rings is 1. The third kappa shape index (κ3) is 3.07. The van der Waals surface area contributed by atoms with E-state index in [9.17, 15) is 9.59 Å². The van der Waals surface area contributed by atoms with E-state index in [1.54, 1.807) is 7.11 Å². The maximum Gasteiger partial charge on any atom is 0.270 e. The van der Waals surface area contributed by atoms with Crippen LogP contribution in [-0.4, -0.2) is 66.5 Å². The molecule has 2 fully saturated rings. The minimum Gasteiger partial charge on any atom is -0.383 e. The van der Waals surface area contributed by atoms with Crippen molar-refractivity contribution in [3.05, 3.63) is 23.5 Å². The third-order valence-corrected chi connectivity index (χ3v) is 5.39. The number of ether oxygens (including phenoxy) is 1. The van der Waals surface area contributed by atoms with Crippen LogP contribution in [0.15, 0.2) is 12.1 Å². The summed E-state index contributed by atoms with van der Waals surface area (Å²) < 4.78 is 5.11. The molecule has 2 aliphatic rings. The van der Waals surface area contributed by atoms with Crippen molar-refractivity contribution in [2.45, 2.75) is 32.6 Å². The average molecular weight is 333 g/mol. The number of aryl methyl sites for hydroxylation is 1. The minimum absolute atomic E-state index is 0.00777. The second-order valence-corrected chi connectivity index (χ2v) is 6.90. The van der Waals surface area contributed by atoms with Gasteiger partial charge in [-0.1, -0.05) is 6.92 Å². The highest BCUT2D eigenvalue weighted by molar-refractivity contribution is 5.94. The van der Waals surface area contributed by atoms with Gasteiger partial charge in [-0.2, -0.15) is 0 Å². The molecule has 2 saturated heterocycles. The van der Waals surface area contributed by atoms with Crippen molar-refractivity contribution in [3.8, 4) is 0 Å². The largest absolute Gasteiger partial charge is 0.383 e. The SMILES string of the molecule is CCc1ccc(C(=O)N2CC[C@]3(CCCN(CCOC)C3=O)C2)[nH]1. The summed E-state index contributed by atoms with van der Waals surface area (Å²) in [6.45, 7) is 5.25. The second-order valence-electron chi connectivity index (χ2n) is 6.90.